The van der Waals surface area contributed by atoms with Crippen LogP contribution in [-0.2, 0) is 11.8 Å². The van der Waals surface area contributed by atoms with Gasteiger partial charge in [-0.3, -0.25) is 14.3 Å². The highest BCUT2D eigenvalue weighted by atomic mass is 19.1. The Morgan fingerprint density at radius 1 is 1.10 bits per heavy atom. The summed E-state index contributed by atoms with van der Waals surface area (Å²) in [5.41, 5.74) is 2.85. The van der Waals surface area contributed by atoms with Crippen molar-refractivity contribution >= 4 is 17.5 Å². The molecule has 1 aliphatic rings. The number of hydrogen-bond acceptors (Lipinski definition) is 3. The van der Waals surface area contributed by atoms with E-state index >= 15 is 0 Å². The minimum atomic E-state index is -0.285. The van der Waals surface area contributed by atoms with Gasteiger partial charge in [0.1, 0.15) is 11.5 Å². The summed E-state index contributed by atoms with van der Waals surface area (Å²) in [5, 5.41) is 6.98. The number of benzene rings is 2. The minimum absolute atomic E-state index is 0.101. The lowest BCUT2D eigenvalue weighted by Crippen LogP contribution is -2.44. The summed E-state index contributed by atoms with van der Waals surface area (Å²) >= 11 is 0. The Morgan fingerprint density at radius 3 is 2.60 bits per heavy atom. The number of piperidine rings is 1. The molecule has 1 N–H and O–H groups in total. The van der Waals surface area contributed by atoms with Crippen molar-refractivity contribution in [2.45, 2.75) is 12.8 Å². The van der Waals surface area contributed by atoms with E-state index in [1.807, 2.05) is 18.2 Å². The van der Waals surface area contributed by atoms with Gasteiger partial charge in [-0.2, -0.15) is 5.10 Å². The molecule has 3 aromatic rings. The standard InChI is InChI=1S/C23H23FN4O2/c1-27-21(11-12-25-27)23(30)28-13-3-5-18(15-28)22(29)26-20-9-7-16(8-10-20)17-4-2-6-19(24)14-17/h2,4,6-12,14,18H,3,5,13,15H2,1H3,(H,26,29)/t18-/m0/s1. The van der Waals surface area contributed by atoms with Crippen molar-refractivity contribution in [1.29, 1.82) is 0 Å². The van der Waals surface area contributed by atoms with E-state index in [2.05, 4.69) is 10.4 Å². The van der Waals surface area contributed by atoms with Gasteiger partial charge in [0.15, 0.2) is 0 Å². The van der Waals surface area contributed by atoms with Gasteiger partial charge in [0.25, 0.3) is 5.91 Å². The number of carbonyl (C=O) groups excluding carboxylic acids is 2. The van der Waals surface area contributed by atoms with Gasteiger partial charge in [0.2, 0.25) is 5.91 Å². The second-order valence-electron chi connectivity index (χ2n) is 7.51. The van der Waals surface area contributed by atoms with Crippen molar-refractivity contribution < 1.29 is 14.0 Å². The Balaban J connectivity index is 1.40. The molecule has 1 aliphatic heterocycles. The minimum Gasteiger partial charge on any atom is -0.337 e. The Labute approximate surface area is 174 Å². The van der Waals surface area contributed by atoms with Crippen LogP contribution in [0.1, 0.15) is 23.3 Å². The summed E-state index contributed by atoms with van der Waals surface area (Å²) in [6.07, 6.45) is 3.11. The van der Waals surface area contributed by atoms with E-state index in [4.69, 9.17) is 0 Å². The van der Waals surface area contributed by atoms with Crippen LogP contribution in [0.5, 0.6) is 0 Å². The fourth-order valence-corrected chi connectivity index (χ4v) is 3.78. The van der Waals surface area contributed by atoms with Crippen molar-refractivity contribution in [3.05, 3.63) is 72.3 Å². The third kappa shape index (κ3) is 4.25. The van der Waals surface area contributed by atoms with Crippen molar-refractivity contribution in [2.24, 2.45) is 13.0 Å². The Hall–Kier alpha value is -3.48. The molecule has 1 saturated heterocycles. The monoisotopic (exact) mass is 406 g/mol. The Bertz CT molecular complexity index is 1060. The number of likely N-dealkylation sites (tertiary alicyclic amines) is 1. The largest absolute Gasteiger partial charge is 0.337 e. The molecule has 0 bridgehead atoms. The smallest absolute Gasteiger partial charge is 0.272 e. The second-order valence-corrected chi connectivity index (χ2v) is 7.51. The average Bonchev–Trinajstić information content (AvgIpc) is 3.19. The van der Waals surface area contributed by atoms with Gasteiger partial charge in [-0.15, -0.1) is 0 Å². The molecule has 1 fully saturated rings. The third-order valence-electron chi connectivity index (χ3n) is 5.43. The number of carbonyl (C=O) groups is 2. The summed E-state index contributed by atoms with van der Waals surface area (Å²) in [6.45, 7) is 1.02. The van der Waals surface area contributed by atoms with Gasteiger partial charge >= 0.3 is 0 Å². The van der Waals surface area contributed by atoms with E-state index in [-0.39, 0.29) is 23.5 Å². The van der Waals surface area contributed by atoms with E-state index < -0.39 is 0 Å². The maximum atomic E-state index is 13.4. The molecule has 2 aromatic carbocycles. The SMILES string of the molecule is Cn1nccc1C(=O)N1CCC[C@H](C(=O)Nc2ccc(-c3cccc(F)c3)cc2)C1. The maximum absolute atomic E-state index is 13.4. The first-order valence-corrected chi connectivity index (χ1v) is 9.95. The maximum Gasteiger partial charge on any atom is 0.272 e. The van der Waals surface area contributed by atoms with Crippen molar-refractivity contribution in [3.63, 3.8) is 0 Å². The fourth-order valence-electron chi connectivity index (χ4n) is 3.78. The molecule has 30 heavy (non-hydrogen) atoms. The number of halogens is 1. The molecule has 6 nitrogen and oxygen atoms in total. The predicted octanol–water partition coefficient (Wildman–Crippen LogP) is 3.72. The molecular formula is C23H23FN4O2. The number of amides is 2. The molecule has 1 atom stereocenters. The molecule has 2 heterocycles. The first kappa shape index (κ1) is 19.8. The van der Waals surface area contributed by atoms with Crippen LogP contribution in [0.4, 0.5) is 10.1 Å². The first-order valence-electron chi connectivity index (χ1n) is 9.95. The van der Waals surface area contributed by atoms with Crippen LogP contribution in [0.15, 0.2) is 60.8 Å². The molecule has 0 saturated carbocycles. The van der Waals surface area contributed by atoms with Gasteiger partial charge in [-0.25, -0.2) is 4.39 Å². The molecular weight excluding hydrogens is 383 g/mol. The lowest BCUT2D eigenvalue weighted by molar-refractivity contribution is -0.121. The van der Waals surface area contributed by atoms with E-state index in [1.54, 1.807) is 47.1 Å². The number of anilines is 1. The number of aryl methyl sites for hydroxylation is 1. The average molecular weight is 406 g/mol. The lowest BCUT2D eigenvalue weighted by Gasteiger charge is -2.32. The van der Waals surface area contributed by atoms with E-state index in [1.165, 1.54) is 12.1 Å². The third-order valence-corrected chi connectivity index (χ3v) is 5.43. The quantitative estimate of drug-likeness (QED) is 0.718. The summed E-state index contributed by atoms with van der Waals surface area (Å²) in [5.74, 6) is -0.755. The Kier molecular flexibility index (Phi) is 5.61. The van der Waals surface area contributed by atoms with Gasteiger partial charge in [-0.05, 0) is 54.3 Å². The number of nitrogens with one attached hydrogen (secondary N) is 1. The van der Waals surface area contributed by atoms with E-state index in [0.29, 0.717) is 24.5 Å². The zero-order valence-corrected chi connectivity index (χ0v) is 16.7. The van der Waals surface area contributed by atoms with Crippen molar-refractivity contribution in [1.82, 2.24) is 14.7 Å². The highest BCUT2D eigenvalue weighted by Gasteiger charge is 2.29. The highest BCUT2D eigenvalue weighted by Crippen LogP contribution is 2.24. The number of aromatic nitrogens is 2. The molecule has 1 aromatic heterocycles. The first-order chi connectivity index (χ1) is 14.5. The van der Waals surface area contributed by atoms with Crippen LogP contribution in [0.25, 0.3) is 11.1 Å². The summed E-state index contributed by atoms with van der Waals surface area (Å²) < 4.78 is 15.0. The molecule has 0 unspecified atom stereocenters. The van der Waals surface area contributed by atoms with Crippen LogP contribution in [0, 0.1) is 11.7 Å². The number of rotatable bonds is 4. The second kappa shape index (κ2) is 8.49. The van der Waals surface area contributed by atoms with Crippen LogP contribution in [0.2, 0.25) is 0 Å². The zero-order valence-electron chi connectivity index (χ0n) is 16.7. The van der Waals surface area contributed by atoms with Crippen LogP contribution < -0.4 is 5.32 Å². The molecule has 2 amide bonds. The summed E-state index contributed by atoms with van der Waals surface area (Å²) in [6, 6.07) is 15.4. The zero-order chi connectivity index (χ0) is 21.1. The number of nitrogens with zero attached hydrogens (tertiary/aromatic N) is 3. The molecule has 0 radical (unpaired) electrons. The lowest BCUT2D eigenvalue weighted by atomic mass is 9.96. The van der Waals surface area contributed by atoms with Crippen molar-refractivity contribution in [2.75, 3.05) is 18.4 Å². The van der Waals surface area contributed by atoms with E-state index in [9.17, 15) is 14.0 Å². The molecule has 4 rings (SSSR count). The predicted molar refractivity (Wildman–Crippen MR) is 112 cm³/mol. The van der Waals surface area contributed by atoms with Gasteiger partial charge in [-0.1, -0.05) is 24.3 Å². The summed E-state index contributed by atoms with van der Waals surface area (Å²) in [4.78, 5) is 27.2. The van der Waals surface area contributed by atoms with Crippen LogP contribution in [-0.4, -0.2) is 39.6 Å². The van der Waals surface area contributed by atoms with Gasteiger partial charge in [0, 0.05) is 32.0 Å². The molecule has 7 heteroatoms. The fraction of sp³-hybridized carbons (Fsp3) is 0.261. The molecule has 0 spiro atoms. The summed E-state index contributed by atoms with van der Waals surface area (Å²) in [7, 11) is 1.73. The number of hydrogen-bond donors (Lipinski definition) is 1. The van der Waals surface area contributed by atoms with E-state index in [0.717, 1.165) is 24.0 Å². The van der Waals surface area contributed by atoms with Gasteiger partial charge < -0.3 is 10.2 Å². The van der Waals surface area contributed by atoms with Crippen LogP contribution in [0.3, 0.4) is 0 Å². The van der Waals surface area contributed by atoms with Crippen molar-refractivity contribution in [3.8, 4) is 11.1 Å². The molecule has 0 aliphatic carbocycles. The highest BCUT2D eigenvalue weighted by molar-refractivity contribution is 5.95. The molecule has 154 valence electrons. The van der Waals surface area contributed by atoms with Crippen LogP contribution >= 0.6 is 0 Å². The van der Waals surface area contributed by atoms with Gasteiger partial charge in [0.05, 0.1) is 5.92 Å². The Morgan fingerprint density at radius 2 is 1.90 bits per heavy atom. The normalized spacial score (nSPS) is 16.3. The topological polar surface area (TPSA) is 67.2 Å².